The molecular formula is C20H17NO4. The van der Waals surface area contributed by atoms with E-state index in [4.69, 9.17) is 9.47 Å². The minimum absolute atomic E-state index is 0.0657. The number of H-pyrrole nitrogens is 1. The van der Waals surface area contributed by atoms with Crippen molar-refractivity contribution in [3.05, 3.63) is 83.7 Å². The molecule has 0 spiro atoms. The quantitative estimate of drug-likeness (QED) is 0.536. The number of hydrogen-bond donors (Lipinski definition) is 1. The molecule has 1 aromatic heterocycles. The fourth-order valence-corrected chi connectivity index (χ4v) is 2.27. The fourth-order valence-electron chi connectivity index (χ4n) is 2.27. The van der Waals surface area contributed by atoms with Crippen LogP contribution in [0.1, 0.15) is 33.3 Å². The Kier molecular flexibility index (Phi) is 4.95. The lowest BCUT2D eigenvalue weighted by atomic mass is 10.2. The molecule has 1 heterocycles. The summed E-state index contributed by atoms with van der Waals surface area (Å²) in [6.07, 6.45) is 1.49. The first kappa shape index (κ1) is 16.5. The van der Waals surface area contributed by atoms with E-state index in [1.807, 2.05) is 54.6 Å². The zero-order valence-electron chi connectivity index (χ0n) is 13.7. The molecule has 3 rings (SSSR count). The third kappa shape index (κ3) is 4.14. The molecule has 5 nitrogen and oxygen atoms in total. The number of Topliss-reactive ketones (excluding diaryl/α,β-unsaturated/α-hetero) is 1. The summed E-state index contributed by atoms with van der Waals surface area (Å²) in [5.41, 5.74) is 1.43. The van der Waals surface area contributed by atoms with Crippen LogP contribution in [0.2, 0.25) is 0 Å². The van der Waals surface area contributed by atoms with Crippen LogP contribution in [-0.2, 0) is 11.3 Å². The molecule has 0 saturated heterocycles. The molecule has 0 aliphatic rings. The minimum atomic E-state index is -0.526. The number of para-hydroxylation sites is 2. The van der Waals surface area contributed by atoms with Gasteiger partial charge in [-0.2, -0.15) is 0 Å². The first-order chi connectivity index (χ1) is 12.1. The molecule has 0 amide bonds. The van der Waals surface area contributed by atoms with E-state index < -0.39 is 5.97 Å². The molecular weight excluding hydrogens is 318 g/mol. The number of aromatic amines is 1. The first-order valence-electron chi connectivity index (χ1n) is 7.81. The van der Waals surface area contributed by atoms with Gasteiger partial charge in [0.1, 0.15) is 23.8 Å². The van der Waals surface area contributed by atoms with E-state index in [0.717, 1.165) is 5.56 Å². The first-order valence-corrected chi connectivity index (χ1v) is 7.81. The van der Waals surface area contributed by atoms with Gasteiger partial charge in [-0.25, -0.2) is 4.79 Å². The van der Waals surface area contributed by atoms with E-state index in [1.54, 1.807) is 0 Å². The average Bonchev–Trinajstić information content (AvgIpc) is 3.12. The SMILES string of the molecule is CC(=O)c1c[nH]c(C(=O)OCc2ccccc2Oc2ccccc2)c1. The van der Waals surface area contributed by atoms with Crippen molar-refractivity contribution in [1.82, 2.24) is 4.98 Å². The second kappa shape index (κ2) is 7.49. The van der Waals surface area contributed by atoms with Crippen LogP contribution in [0, 0.1) is 0 Å². The molecule has 3 aromatic rings. The summed E-state index contributed by atoms with van der Waals surface area (Å²) in [7, 11) is 0. The maximum Gasteiger partial charge on any atom is 0.355 e. The predicted molar refractivity (Wildman–Crippen MR) is 92.9 cm³/mol. The van der Waals surface area contributed by atoms with Crippen molar-refractivity contribution in [2.45, 2.75) is 13.5 Å². The topological polar surface area (TPSA) is 68.4 Å². The number of ether oxygens (including phenoxy) is 2. The standard InChI is InChI=1S/C20H17NO4/c1-14(22)16-11-18(21-12-16)20(23)24-13-15-7-5-6-10-19(15)25-17-8-3-2-4-9-17/h2-12,21H,13H2,1H3. The normalized spacial score (nSPS) is 10.3. The molecule has 0 unspecified atom stereocenters. The number of carbonyl (C=O) groups excluding carboxylic acids is 2. The lowest BCUT2D eigenvalue weighted by molar-refractivity contribution is 0.0464. The molecule has 0 atom stereocenters. The van der Waals surface area contributed by atoms with Gasteiger partial charge in [0.05, 0.1) is 0 Å². The van der Waals surface area contributed by atoms with Crippen LogP contribution in [0.15, 0.2) is 66.9 Å². The van der Waals surface area contributed by atoms with Crippen LogP contribution >= 0.6 is 0 Å². The number of aromatic nitrogens is 1. The van der Waals surface area contributed by atoms with Crippen LogP contribution in [-0.4, -0.2) is 16.7 Å². The lowest BCUT2D eigenvalue weighted by Gasteiger charge is -2.11. The van der Waals surface area contributed by atoms with Crippen LogP contribution in [0.4, 0.5) is 0 Å². The lowest BCUT2D eigenvalue weighted by Crippen LogP contribution is -2.06. The van der Waals surface area contributed by atoms with E-state index >= 15 is 0 Å². The highest BCUT2D eigenvalue weighted by atomic mass is 16.5. The monoisotopic (exact) mass is 335 g/mol. The molecule has 0 aliphatic carbocycles. The number of nitrogens with one attached hydrogen (secondary N) is 1. The van der Waals surface area contributed by atoms with Crippen molar-refractivity contribution in [2.75, 3.05) is 0 Å². The highest BCUT2D eigenvalue weighted by Gasteiger charge is 2.13. The summed E-state index contributed by atoms with van der Waals surface area (Å²) in [4.78, 5) is 26.2. The number of hydrogen-bond acceptors (Lipinski definition) is 4. The largest absolute Gasteiger partial charge is 0.457 e. The number of benzene rings is 2. The molecule has 0 saturated carbocycles. The Labute approximate surface area is 145 Å². The second-order valence-electron chi connectivity index (χ2n) is 5.46. The Bertz CT molecular complexity index is 883. The third-order valence-electron chi connectivity index (χ3n) is 3.61. The van der Waals surface area contributed by atoms with Crippen molar-refractivity contribution in [3.63, 3.8) is 0 Å². The van der Waals surface area contributed by atoms with E-state index in [2.05, 4.69) is 4.98 Å². The average molecular weight is 335 g/mol. The Morgan fingerprint density at radius 2 is 1.72 bits per heavy atom. The Morgan fingerprint density at radius 1 is 1.00 bits per heavy atom. The van der Waals surface area contributed by atoms with E-state index in [0.29, 0.717) is 17.1 Å². The van der Waals surface area contributed by atoms with Gasteiger partial charge in [-0.1, -0.05) is 36.4 Å². The molecule has 1 N–H and O–H groups in total. The van der Waals surface area contributed by atoms with Gasteiger partial charge in [-0.15, -0.1) is 0 Å². The number of carbonyl (C=O) groups is 2. The summed E-state index contributed by atoms with van der Waals surface area (Å²) < 4.78 is 11.2. The Balaban J connectivity index is 1.68. The van der Waals surface area contributed by atoms with Gasteiger partial charge in [0, 0.05) is 17.3 Å². The molecule has 0 bridgehead atoms. The highest BCUT2D eigenvalue weighted by Crippen LogP contribution is 2.25. The van der Waals surface area contributed by atoms with Gasteiger partial charge in [0.2, 0.25) is 0 Å². The number of ketones is 1. The Hall–Kier alpha value is -3.34. The molecule has 0 fully saturated rings. The molecule has 0 aliphatic heterocycles. The van der Waals surface area contributed by atoms with Crippen LogP contribution in [0.3, 0.4) is 0 Å². The maximum absolute atomic E-state index is 12.1. The second-order valence-corrected chi connectivity index (χ2v) is 5.46. The van der Waals surface area contributed by atoms with Crippen molar-refractivity contribution in [3.8, 4) is 11.5 Å². The molecule has 2 aromatic carbocycles. The van der Waals surface area contributed by atoms with Crippen molar-refractivity contribution in [1.29, 1.82) is 0 Å². The third-order valence-corrected chi connectivity index (χ3v) is 3.61. The van der Waals surface area contributed by atoms with Crippen molar-refractivity contribution in [2.24, 2.45) is 0 Å². The number of esters is 1. The fraction of sp³-hybridized carbons (Fsp3) is 0.100. The maximum atomic E-state index is 12.1. The smallest absolute Gasteiger partial charge is 0.355 e. The summed E-state index contributed by atoms with van der Waals surface area (Å²) in [6.45, 7) is 1.51. The zero-order chi connectivity index (χ0) is 17.6. The van der Waals surface area contributed by atoms with Gasteiger partial charge in [-0.05, 0) is 31.2 Å². The summed E-state index contributed by atoms with van der Waals surface area (Å²) >= 11 is 0. The molecule has 25 heavy (non-hydrogen) atoms. The van der Waals surface area contributed by atoms with E-state index in [1.165, 1.54) is 19.2 Å². The summed E-state index contributed by atoms with van der Waals surface area (Å²) in [5, 5.41) is 0. The van der Waals surface area contributed by atoms with Crippen LogP contribution in [0.25, 0.3) is 0 Å². The van der Waals surface area contributed by atoms with Gasteiger partial charge in [0.25, 0.3) is 0 Å². The van der Waals surface area contributed by atoms with Crippen LogP contribution < -0.4 is 4.74 Å². The van der Waals surface area contributed by atoms with Gasteiger partial charge >= 0.3 is 5.97 Å². The highest BCUT2D eigenvalue weighted by molar-refractivity contribution is 5.97. The van der Waals surface area contributed by atoms with Crippen molar-refractivity contribution >= 4 is 11.8 Å². The Morgan fingerprint density at radius 3 is 2.44 bits per heavy atom. The molecule has 0 radical (unpaired) electrons. The molecule has 5 heteroatoms. The van der Waals surface area contributed by atoms with Gasteiger partial charge < -0.3 is 14.5 Å². The van der Waals surface area contributed by atoms with Crippen molar-refractivity contribution < 1.29 is 19.1 Å². The predicted octanol–water partition coefficient (Wildman–Crippen LogP) is 4.37. The summed E-state index contributed by atoms with van der Waals surface area (Å²) in [5.74, 6) is 0.688. The molecule has 126 valence electrons. The van der Waals surface area contributed by atoms with E-state index in [-0.39, 0.29) is 18.1 Å². The van der Waals surface area contributed by atoms with Gasteiger partial charge in [0.15, 0.2) is 5.78 Å². The summed E-state index contributed by atoms with van der Waals surface area (Å²) in [6, 6.07) is 18.2. The zero-order valence-corrected chi connectivity index (χ0v) is 13.7. The van der Waals surface area contributed by atoms with Crippen LogP contribution in [0.5, 0.6) is 11.5 Å². The van der Waals surface area contributed by atoms with Gasteiger partial charge in [-0.3, -0.25) is 4.79 Å². The minimum Gasteiger partial charge on any atom is -0.457 e. The van der Waals surface area contributed by atoms with E-state index in [9.17, 15) is 9.59 Å². The number of rotatable bonds is 6.